The monoisotopic (exact) mass is 504 g/mol. The largest absolute Gasteiger partial charge is 0.573 e. The molecule has 0 bridgehead atoms. The standard InChI is InChI=1S/C24H24F4N6O2/c25-18-10-17(21(30)35)22(34-23(18)33-20-4-2-1-3-19(20)29)32-15-9-14(11-31-12-15)13-5-7-16(8-6-13)36-24(26,27)28/h5-12,19-20H,1-4,29H2,(H2,30,35)(H2,32,33,34)/t19-,20?/m0/s1. The lowest BCUT2D eigenvalue weighted by atomic mass is 9.91. The Bertz CT molecular complexity index is 1240. The van der Waals surface area contributed by atoms with Gasteiger partial charge in [-0.2, -0.15) is 0 Å². The molecule has 4 rings (SSSR count). The molecule has 0 spiro atoms. The van der Waals surface area contributed by atoms with Crippen molar-refractivity contribution in [3.05, 3.63) is 60.2 Å². The number of nitrogens with one attached hydrogen (secondary N) is 2. The fraction of sp³-hybridized carbons (Fsp3) is 0.292. The number of halogens is 4. The molecule has 6 N–H and O–H groups in total. The number of pyridine rings is 2. The minimum atomic E-state index is -4.79. The van der Waals surface area contributed by atoms with E-state index in [-0.39, 0.29) is 35.0 Å². The van der Waals surface area contributed by atoms with Crippen LogP contribution in [0.15, 0.2) is 48.8 Å². The van der Waals surface area contributed by atoms with Crippen molar-refractivity contribution < 1.29 is 27.1 Å². The number of primary amides is 1. The van der Waals surface area contributed by atoms with Gasteiger partial charge < -0.3 is 26.8 Å². The summed E-state index contributed by atoms with van der Waals surface area (Å²) in [5.74, 6) is -2.01. The maximum Gasteiger partial charge on any atom is 0.573 e. The number of rotatable bonds is 7. The maximum absolute atomic E-state index is 14.7. The van der Waals surface area contributed by atoms with Gasteiger partial charge in [-0.25, -0.2) is 9.37 Å². The van der Waals surface area contributed by atoms with Gasteiger partial charge in [0.2, 0.25) is 0 Å². The molecule has 0 radical (unpaired) electrons. The first-order valence-corrected chi connectivity index (χ1v) is 11.2. The number of amides is 1. The first-order chi connectivity index (χ1) is 17.1. The molecule has 36 heavy (non-hydrogen) atoms. The van der Waals surface area contributed by atoms with Crippen molar-refractivity contribution in [1.29, 1.82) is 0 Å². The molecule has 1 fully saturated rings. The highest BCUT2D eigenvalue weighted by molar-refractivity contribution is 5.98. The molecular weight excluding hydrogens is 480 g/mol. The Kier molecular flexibility index (Phi) is 7.25. The second-order valence-corrected chi connectivity index (χ2v) is 8.44. The van der Waals surface area contributed by atoms with Crippen LogP contribution in [-0.4, -0.2) is 34.3 Å². The van der Waals surface area contributed by atoms with Gasteiger partial charge in [0.1, 0.15) is 11.6 Å². The Balaban J connectivity index is 1.59. The predicted molar refractivity (Wildman–Crippen MR) is 126 cm³/mol. The summed E-state index contributed by atoms with van der Waals surface area (Å²) >= 11 is 0. The summed E-state index contributed by atoms with van der Waals surface area (Å²) in [4.78, 5) is 20.4. The van der Waals surface area contributed by atoms with Crippen molar-refractivity contribution in [3.63, 3.8) is 0 Å². The molecule has 1 saturated carbocycles. The molecule has 8 nitrogen and oxygen atoms in total. The van der Waals surface area contributed by atoms with E-state index in [0.717, 1.165) is 31.7 Å². The van der Waals surface area contributed by atoms with Crippen LogP contribution in [-0.2, 0) is 0 Å². The summed E-state index contributed by atoms with van der Waals surface area (Å²) in [6, 6.07) is 7.60. The molecule has 1 aliphatic rings. The third-order valence-corrected chi connectivity index (χ3v) is 5.81. The van der Waals surface area contributed by atoms with E-state index in [9.17, 15) is 22.4 Å². The molecule has 2 atom stereocenters. The quantitative estimate of drug-likeness (QED) is 0.343. The Labute approximate surface area is 204 Å². The first-order valence-electron chi connectivity index (χ1n) is 11.2. The summed E-state index contributed by atoms with van der Waals surface area (Å²) in [6.45, 7) is 0. The lowest BCUT2D eigenvalue weighted by molar-refractivity contribution is -0.274. The van der Waals surface area contributed by atoms with E-state index in [1.165, 1.54) is 36.7 Å². The van der Waals surface area contributed by atoms with Crippen LogP contribution in [0, 0.1) is 5.82 Å². The molecular formula is C24H24F4N6O2. The minimum absolute atomic E-state index is 0.0173. The number of carbonyl (C=O) groups excluding carboxylic acids is 1. The Morgan fingerprint density at radius 2 is 1.75 bits per heavy atom. The van der Waals surface area contributed by atoms with Gasteiger partial charge >= 0.3 is 6.36 Å². The normalized spacial score (nSPS) is 17.9. The van der Waals surface area contributed by atoms with Gasteiger partial charge in [-0.05, 0) is 42.7 Å². The van der Waals surface area contributed by atoms with Crippen LogP contribution in [0.1, 0.15) is 36.0 Å². The highest BCUT2D eigenvalue weighted by Gasteiger charge is 2.31. The second kappa shape index (κ2) is 10.4. The van der Waals surface area contributed by atoms with Crippen molar-refractivity contribution in [1.82, 2.24) is 9.97 Å². The van der Waals surface area contributed by atoms with Gasteiger partial charge in [0, 0.05) is 23.8 Å². The van der Waals surface area contributed by atoms with Gasteiger partial charge in [0.25, 0.3) is 5.91 Å². The minimum Gasteiger partial charge on any atom is -0.406 e. The third kappa shape index (κ3) is 6.19. The van der Waals surface area contributed by atoms with Crippen molar-refractivity contribution >= 4 is 23.2 Å². The molecule has 1 aliphatic carbocycles. The number of nitrogens with zero attached hydrogens (tertiary/aromatic N) is 2. The van der Waals surface area contributed by atoms with Gasteiger partial charge in [0.15, 0.2) is 11.6 Å². The topological polar surface area (TPSA) is 128 Å². The van der Waals surface area contributed by atoms with Crippen LogP contribution in [0.3, 0.4) is 0 Å². The van der Waals surface area contributed by atoms with Crippen molar-refractivity contribution in [2.75, 3.05) is 10.6 Å². The zero-order valence-electron chi connectivity index (χ0n) is 19.0. The number of hydrogen-bond donors (Lipinski definition) is 4. The Morgan fingerprint density at radius 3 is 2.42 bits per heavy atom. The fourth-order valence-electron chi connectivity index (χ4n) is 4.04. The number of alkyl halides is 3. The van der Waals surface area contributed by atoms with Crippen LogP contribution in [0.25, 0.3) is 11.1 Å². The van der Waals surface area contributed by atoms with E-state index in [1.54, 1.807) is 6.07 Å². The van der Waals surface area contributed by atoms with E-state index >= 15 is 0 Å². The Hall–Kier alpha value is -3.93. The van der Waals surface area contributed by atoms with Crippen LogP contribution in [0.4, 0.5) is 34.9 Å². The summed E-state index contributed by atoms with van der Waals surface area (Å²) in [5, 5.41) is 5.98. The number of nitrogens with two attached hydrogens (primary N) is 2. The zero-order valence-corrected chi connectivity index (χ0v) is 19.0. The Morgan fingerprint density at radius 1 is 1.03 bits per heavy atom. The molecule has 1 aromatic carbocycles. The second-order valence-electron chi connectivity index (χ2n) is 8.44. The lowest BCUT2D eigenvalue weighted by Gasteiger charge is -2.30. The van der Waals surface area contributed by atoms with Crippen LogP contribution in [0.5, 0.6) is 5.75 Å². The molecule has 3 aromatic rings. The predicted octanol–water partition coefficient (Wildman–Crippen LogP) is 4.71. The molecule has 2 heterocycles. The summed E-state index contributed by atoms with van der Waals surface area (Å²) in [7, 11) is 0. The maximum atomic E-state index is 14.7. The first kappa shape index (κ1) is 25.2. The van der Waals surface area contributed by atoms with Gasteiger partial charge in [0.05, 0.1) is 17.4 Å². The van der Waals surface area contributed by atoms with Gasteiger partial charge in [-0.3, -0.25) is 9.78 Å². The van der Waals surface area contributed by atoms with Crippen LogP contribution in [0.2, 0.25) is 0 Å². The van der Waals surface area contributed by atoms with Crippen molar-refractivity contribution in [2.24, 2.45) is 11.5 Å². The van der Waals surface area contributed by atoms with E-state index in [1.807, 2.05) is 0 Å². The average molecular weight is 504 g/mol. The van der Waals surface area contributed by atoms with E-state index in [4.69, 9.17) is 11.5 Å². The number of benzene rings is 1. The molecule has 0 saturated heterocycles. The van der Waals surface area contributed by atoms with Crippen molar-refractivity contribution in [2.45, 2.75) is 44.1 Å². The van der Waals surface area contributed by atoms with E-state index < -0.39 is 18.1 Å². The molecule has 1 unspecified atom stereocenters. The highest BCUT2D eigenvalue weighted by Crippen LogP contribution is 2.30. The summed E-state index contributed by atoms with van der Waals surface area (Å²) in [5.41, 5.74) is 13.0. The number of carbonyl (C=O) groups is 1. The number of aromatic nitrogens is 2. The number of anilines is 3. The highest BCUT2D eigenvalue weighted by atomic mass is 19.4. The smallest absolute Gasteiger partial charge is 0.406 e. The van der Waals surface area contributed by atoms with E-state index in [2.05, 4.69) is 25.3 Å². The SMILES string of the molecule is NC(=O)c1cc(F)c(NC2CCCC[C@@H]2N)nc1Nc1cncc(-c2ccc(OC(F)(F)F)cc2)c1. The molecule has 190 valence electrons. The van der Waals surface area contributed by atoms with Crippen molar-refractivity contribution in [3.8, 4) is 16.9 Å². The molecule has 12 heteroatoms. The molecule has 0 aliphatic heterocycles. The van der Waals surface area contributed by atoms with Crippen LogP contribution < -0.4 is 26.8 Å². The molecule has 1 amide bonds. The van der Waals surface area contributed by atoms with Gasteiger partial charge in [-0.1, -0.05) is 25.0 Å². The van der Waals surface area contributed by atoms with Crippen LogP contribution >= 0.6 is 0 Å². The number of hydrogen-bond acceptors (Lipinski definition) is 7. The average Bonchev–Trinajstić information content (AvgIpc) is 2.82. The fourth-order valence-corrected chi connectivity index (χ4v) is 4.04. The van der Waals surface area contributed by atoms with E-state index in [0.29, 0.717) is 16.8 Å². The summed E-state index contributed by atoms with van der Waals surface area (Å²) in [6.07, 6.45) is 1.71. The molecule has 2 aromatic heterocycles. The zero-order chi connectivity index (χ0) is 25.9. The summed E-state index contributed by atoms with van der Waals surface area (Å²) < 4.78 is 55.8. The number of ether oxygens (including phenoxy) is 1. The lowest BCUT2D eigenvalue weighted by Crippen LogP contribution is -2.43. The van der Waals surface area contributed by atoms with Gasteiger partial charge in [-0.15, -0.1) is 13.2 Å². The third-order valence-electron chi connectivity index (χ3n) is 5.81.